The summed E-state index contributed by atoms with van der Waals surface area (Å²) in [7, 11) is 1.70. The summed E-state index contributed by atoms with van der Waals surface area (Å²) >= 11 is 2.18. The fourth-order valence-electron chi connectivity index (χ4n) is 3.92. The van der Waals surface area contributed by atoms with E-state index < -0.39 is 3.42 Å². The molecule has 0 aromatic heterocycles. The normalized spacial score (nSPS) is 37.5. The predicted molar refractivity (Wildman–Crippen MR) is 89.4 cm³/mol. The summed E-state index contributed by atoms with van der Waals surface area (Å²) in [5, 5.41) is 9.84. The van der Waals surface area contributed by atoms with Gasteiger partial charge >= 0.3 is 5.97 Å². The number of aliphatic hydroxyl groups excluding tert-OH is 1. The van der Waals surface area contributed by atoms with Gasteiger partial charge in [-0.3, -0.25) is 4.79 Å². The van der Waals surface area contributed by atoms with E-state index >= 15 is 0 Å². The molecular formula is C16H27IO4. The summed E-state index contributed by atoms with van der Waals surface area (Å²) in [6.45, 7) is 4.85. The third-order valence-electron chi connectivity index (χ3n) is 5.63. The molecular weight excluding hydrogens is 383 g/mol. The summed E-state index contributed by atoms with van der Waals surface area (Å²) in [5.41, 5.74) is -0.0119. The van der Waals surface area contributed by atoms with Crippen LogP contribution in [0.2, 0.25) is 0 Å². The van der Waals surface area contributed by atoms with Crippen molar-refractivity contribution in [2.45, 2.75) is 55.5 Å². The Morgan fingerprint density at radius 1 is 1.48 bits per heavy atom. The van der Waals surface area contributed by atoms with E-state index in [4.69, 9.17) is 9.47 Å². The van der Waals surface area contributed by atoms with Crippen LogP contribution in [-0.2, 0) is 14.3 Å². The van der Waals surface area contributed by atoms with E-state index in [9.17, 15) is 9.90 Å². The van der Waals surface area contributed by atoms with Gasteiger partial charge in [-0.2, -0.15) is 0 Å². The highest BCUT2D eigenvalue weighted by Gasteiger charge is 2.56. The smallest absolute Gasteiger partial charge is 0.322 e. The lowest BCUT2D eigenvalue weighted by atomic mass is 9.71. The number of alkyl halides is 1. The Morgan fingerprint density at radius 3 is 2.67 bits per heavy atom. The number of methoxy groups -OCH3 is 1. The van der Waals surface area contributed by atoms with Crippen LogP contribution in [0, 0.1) is 17.3 Å². The number of carbonyl (C=O) groups excluding carboxylic acids is 1. The van der Waals surface area contributed by atoms with Gasteiger partial charge < -0.3 is 14.6 Å². The van der Waals surface area contributed by atoms with Crippen molar-refractivity contribution in [3.05, 3.63) is 0 Å². The zero-order valence-corrected chi connectivity index (χ0v) is 15.4. The van der Waals surface area contributed by atoms with Crippen LogP contribution < -0.4 is 0 Å². The van der Waals surface area contributed by atoms with Gasteiger partial charge in [-0.25, -0.2) is 0 Å². The molecule has 2 aliphatic rings. The molecule has 0 saturated heterocycles. The first-order valence-corrected chi connectivity index (χ1v) is 8.96. The Hall–Kier alpha value is 0.120. The Balaban J connectivity index is 1.95. The molecule has 2 rings (SSSR count). The number of hydrogen-bond acceptors (Lipinski definition) is 4. The number of fused-ring (bicyclic) bond motifs is 2. The number of aliphatic hydroxyl groups is 1. The molecule has 2 aliphatic carbocycles. The van der Waals surface area contributed by atoms with E-state index in [-0.39, 0.29) is 24.1 Å². The summed E-state index contributed by atoms with van der Waals surface area (Å²) in [5.74, 6) is 0.782. The molecule has 122 valence electrons. The van der Waals surface area contributed by atoms with Crippen molar-refractivity contribution >= 4 is 28.6 Å². The van der Waals surface area contributed by atoms with Crippen LogP contribution in [0.4, 0.5) is 0 Å². The summed E-state index contributed by atoms with van der Waals surface area (Å²) in [6, 6.07) is 0. The minimum absolute atomic E-state index is 0.0119. The SMILES string of the molecule is CCC(C)(I)C(=O)OC1CC2CC1CC2(CO)CCOC. The number of rotatable bonds is 7. The van der Waals surface area contributed by atoms with Crippen molar-refractivity contribution in [2.75, 3.05) is 20.3 Å². The third kappa shape index (κ3) is 3.39. The van der Waals surface area contributed by atoms with Gasteiger partial charge in [0.15, 0.2) is 0 Å². The van der Waals surface area contributed by atoms with Gasteiger partial charge in [0.2, 0.25) is 0 Å². The van der Waals surface area contributed by atoms with Crippen LogP contribution in [-0.4, -0.2) is 40.9 Å². The minimum atomic E-state index is -0.427. The first-order chi connectivity index (χ1) is 9.88. The lowest BCUT2D eigenvalue weighted by molar-refractivity contribution is -0.155. The van der Waals surface area contributed by atoms with Gasteiger partial charge in [0, 0.05) is 20.3 Å². The highest BCUT2D eigenvalue weighted by molar-refractivity contribution is 14.1. The molecule has 4 nitrogen and oxygen atoms in total. The number of carbonyl (C=O) groups is 1. The fourth-order valence-corrected chi connectivity index (χ4v) is 4.05. The standard InChI is InChI=1S/C16H27IO4/c1-4-15(2,17)14(19)21-13-8-12-7-11(13)9-16(12,10-18)5-6-20-3/h11-13,18H,4-10H2,1-3H3. The second-order valence-electron chi connectivity index (χ2n) is 6.89. The van der Waals surface area contributed by atoms with Crippen molar-refractivity contribution in [3.8, 4) is 0 Å². The van der Waals surface area contributed by atoms with Crippen LogP contribution in [0.25, 0.3) is 0 Å². The number of ether oxygens (including phenoxy) is 2. The summed E-state index contributed by atoms with van der Waals surface area (Å²) in [4.78, 5) is 12.2. The zero-order chi connectivity index (χ0) is 15.7. The number of hydrogen-bond donors (Lipinski definition) is 1. The van der Waals surface area contributed by atoms with Crippen LogP contribution in [0.15, 0.2) is 0 Å². The largest absolute Gasteiger partial charge is 0.461 e. The van der Waals surface area contributed by atoms with Crippen molar-refractivity contribution < 1.29 is 19.4 Å². The second kappa shape index (κ2) is 6.71. The third-order valence-corrected chi connectivity index (χ3v) is 6.83. The molecule has 0 aromatic rings. The Kier molecular flexibility index (Phi) is 5.58. The predicted octanol–water partition coefficient (Wildman–Crippen LogP) is 2.95. The Morgan fingerprint density at radius 2 is 2.19 bits per heavy atom. The summed E-state index contributed by atoms with van der Waals surface area (Å²) in [6.07, 6.45) is 4.66. The molecule has 2 fully saturated rings. The van der Waals surface area contributed by atoms with Gasteiger partial charge in [0.05, 0.1) is 0 Å². The lowest BCUT2D eigenvalue weighted by Gasteiger charge is -2.39. The van der Waals surface area contributed by atoms with Gasteiger partial charge in [0.25, 0.3) is 0 Å². The van der Waals surface area contributed by atoms with Gasteiger partial charge in [-0.15, -0.1) is 0 Å². The molecule has 0 aliphatic heterocycles. The lowest BCUT2D eigenvalue weighted by Crippen LogP contribution is -2.40. The molecule has 5 unspecified atom stereocenters. The highest BCUT2D eigenvalue weighted by Crippen LogP contribution is 2.58. The van der Waals surface area contributed by atoms with E-state index in [1.54, 1.807) is 7.11 Å². The van der Waals surface area contributed by atoms with E-state index in [0.717, 1.165) is 32.1 Å². The van der Waals surface area contributed by atoms with Gasteiger partial charge in [-0.05, 0) is 56.3 Å². The van der Waals surface area contributed by atoms with Crippen LogP contribution >= 0.6 is 22.6 Å². The van der Waals surface area contributed by atoms with E-state index in [1.165, 1.54) is 0 Å². The molecule has 0 aromatic carbocycles. The fraction of sp³-hybridized carbons (Fsp3) is 0.938. The van der Waals surface area contributed by atoms with Crippen molar-refractivity contribution in [1.82, 2.24) is 0 Å². The molecule has 2 saturated carbocycles. The van der Waals surface area contributed by atoms with Gasteiger partial charge in [-0.1, -0.05) is 29.5 Å². The maximum absolute atomic E-state index is 12.2. The summed E-state index contributed by atoms with van der Waals surface area (Å²) < 4.78 is 10.5. The van der Waals surface area contributed by atoms with Crippen molar-refractivity contribution in [2.24, 2.45) is 17.3 Å². The maximum Gasteiger partial charge on any atom is 0.322 e. The average molecular weight is 410 g/mol. The molecule has 21 heavy (non-hydrogen) atoms. The molecule has 0 amide bonds. The monoisotopic (exact) mass is 410 g/mol. The highest BCUT2D eigenvalue weighted by atomic mass is 127. The Bertz CT molecular complexity index is 384. The van der Waals surface area contributed by atoms with Crippen LogP contribution in [0.1, 0.15) is 46.0 Å². The number of esters is 1. The molecule has 0 spiro atoms. The zero-order valence-electron chi connectivity index (χ0n) is 13.2. The quantitative estimate of drug-likeness (QED) is 0.399. The molecule has 5 heteroatoms. The Labute approximate surface area is 141 Å². The van der Waals surface area contributed by atoms with Crippen LogP contribution in [0.5, 0.6) is 0 Å². The van der Waals surface area contributed by atoms with Crippen LogP contribution in [0.3, 0.4) is 0 Å². The minimum Gasteiger partial charge on any atom is -0.461 e. The molecule has 0 heterocycles. The van der Waals surface area contributed by atoms with E-state index in [1.807, 2.05) is 13.8 Å². The molecule has 2 bridgehead atoms. The first-order valence-electron chi connectivity index (χ1n) is 7.88. The molecule has 0 radical (unpaired) electrons. The number of halogens is 1. The molecule has 1 N–H and O–H groups in total. The molecule has 5 atom stereocenters. The first kappa shape index (κ1) is 17.5. The average Bonchev–Trinajstić information content (AvgIpc) is 3.02. The topological polar surface area (TPSA) is 55.8 Å². The van der Waals surface area contributed by atoms with E-state index in [0.29, 0.717) is 18.4 Å². The van der Waals surface area contributed by atoms with Gasteiger partial charge in [0.1, 0.15) is 9.53 Å². The van der Waals surface area contributed by atoms with Crippen molar-refractivity contribution in [1.29, 1.82) is 0 Å². The van der Waals surface area contributed by atoms with Crippen molar-refractivity contribution in [3.63, 3.8) is 0 Å². The maximum atomic E-state index is 12.2. The second-order valence-corrected chi connectivity index (χ2v) is 9.27. The van der Waals surface area contributed by atoms with E-state index in [2.05, 4.69) is 22.6 Å².